The van der Waals surface area contributed by atoms with Crippen LogP contribution in [0.25, 0.3) is 0 Å². The van der Waals surface area contributed by atoms with Crippen LogP contribution in [0.1, 0.15) is 66.2 Å². The lowest BCUT2D eigenvalue weighted by Gasteiger charge is -2.36. The molecule has 1 amide bonds. The summed E-state index contributed by atoms with van der Waals surface area (Å²) in [6, 6.07) is 0.490. The highest BCUT2D eigenvalue weighted by atomic mass is 16.2. The summed E-state index contributed by atoms with van der Waals surface area (Å²) in [5.41, 5.74) is -0.358. The van der Waals surface area contributed by atoms with Crippen molar-refractivity contribution >= 4 is 11.7 Å². The molecule has 2 rings (SSSR count). The zero-order valence-corrected chi connectivity index (χ0v) is 16.3. The Hall–Kier alpha value is -0.900. The molecule has 0 aromatic rings. The molecule has 138 valence electrons. The lowest BCUT2D eigenvalue weighted by atomic mass is 9.70. The molecule has 0 radical (unpaired) electrons. The molecule has 1 saturated heterocycles. The Morgan fingerprint density at radius 2 is 1.67 bits per heavy atom. The maximum atomic E-state index is 13.1. The highest BCUT2D eigenvalue weighted by Gasteiger charge is 2.41. The van der Waals surface area contributed by atoms with Gasteiger partial charge in [-0.2, -0.15) is 0 Å². The van der Waals surface area contributed by atoms with Gasteiger partial charge in [0, 0.05) is 36.9 Å². The maximum Gasteiger partial charge on any atom is 0.226 e. The van der Waals surface area contributed by atoms with Crippen molar-refractivity contribution in [2.75, 3.05) is 26.7 Å². The van der Waals surface area contributed by atoms with E-state index in [2.05, 4.69) is 11.8 Å². The topological polar surface area (TPSA) is 40.6 Å². The van der Waals surface area contributed by atoms with Gasteiger partial charge in [0.2, 0.25) is 5.91 Å². The summed E-state index contributed by atoms with van der Waals surface area (Å²) in [4.78, 5) is 30.3. The first-order chi connectivity index (χ1) is 11.3. The number of likely N-dealkylation sites (N-methyl/N-ethyl adjacent to an activating group) is 2. The van der Waals surface area contributed by atoms with Gasteiger partial charge in [-0.15, -0.1) is 0 Å². The van der Waals surface area contributed by atoms with Crippen LogP contribution in [0.2, 0.25) is 0 Å². The number of Topliss-reactive ketones (excluding diaryl/α,β-unsaturated/α-hetero) is 1. The molecule has 2 fully saturated rings. The lowest BCUT2D eigenvalue weighted by Crippen LogP contribution is -2.47. The first-order valence-corrected chi connectivity index (χ1v) is 9.79. The lowest BCUT2D eigenvalue weighted by molar-refractivity contribution is -0.145. The standard InChI is InChI=1S/C20H36N2O2/c1-6-22-13-9-10-15(22)14-21(5)19(24)17-12-8-7-11-16(17)18(23)20(2,3)4/h15-17H,6-14H2,1-5H3/t15-,16-,17+/m0/s1. The second kappa shape index (κ2) is 7.99. The van der Waals surface area contributed by atoms with E-state index in [9.17, 15) is 9.59 Å². The molecule has 0 N–H and O–H groups in total. The molecule has 1 aliphatic heterocycles. The van der Waals surface area contributed by atoms with Crippen molar-refractivity contribution in [2.24, 2.45) is 17.3 Å². The normalized spacial score (nSPS) is 28.8. The molecular weight excluding hydrogens is 300 g/mol. The van der Waals surface area contributed by atoms with Crippen LogP contribution in [0.3, 0.4) is 0 Å². The van der Waals surface area contributed by atoms with E-state index in [1.807, 2.05) is 32.7 Å². The van der Waals surface area contributed by atoms with Crippen LogP contribution in [0.4, 0.5) is 0 Å². The molecule has 24 heavy (non-hydrogen) atoms. The second-order valence-corrected chi connectivity index (χ2v) is 8.76. The third kappa shape index (κ3) is 4.38. The van der Waals surface area contributed by atoms with Gasteiger partial charge in [-0.3, -0.25) is 14.5 Å². The quantitative estimate of drug-likeness (QED) is 0.773. The number of likely N-dealkylation sites (tertiary alicyclic amines) is 1. The van der Waals surface area contributed by atoms with Gasteiger partial charge in [-0.25, -0.2) is 0 Å². The van der Waals surface area contributed by atoms with Gasteiger partial charge in [0.25, 0.3) is 0 Å². The molecule has 1 heterocycles. The van der Waals surface area contributed by atoms with Gasteiger partial charge in [0.15, 0.2) is 0 Å². The van der Waals surface area contributed by atoms with Crippen molar-refractivity contribution in [1.82, 2.24) is 9.80 Å². The number of hydrogen-bond acceptors (Lipinski definition) is 3. The molecule has 1 saturated carbocycles. The third-order valence-corrected chi connectivity index (χ3v) is 5.93. The number of rotatable bonds is 5. The number of hydrogen-bond donors (Lipinski definition) is 0. The Kier molecular flexibility index (Phi) is 6.46. The SMILES string of the molecule is CCN1CCC[C@H]1CN(C)C(=O)[C@@H]1CCCC[C@@H]1C(=O)C(C)(C)C. The van der Waals surface area contributed by atoms with Crippen LogP contribution >= 0.6 is 0 Å². The van der Waals surface area contributed by atoms with Crippen molar-refractivity contribution < 1.29 is 9.59 Å². The van der Waals surface area contributed by atoms with Gasteiger partial charge in [-0.1, -0.05) is 40.5 Å². The van der Waals surface area contributed by atoms with Gasteiger partial charge in [0.05, 0.1) is 0 Å². The molecule has 3 atom stereocenters. The van der Waals surface area contributed by atoms with E-state index < -0.39 is 0 Å². The van der Waals surface area contributed by atoms with Crippen LogP contribution < -0.4 is 0 Å². The van der Waals surface area contributed by atoms with E-state index in [0.717, 1.165) is 45.3 Å². The van der Waals surface area contributed by atoms with Crippen LogP contribution in [-0.4, -0.2) is 54.2 Å². The molecule has 0 unspecified atom stereocenters. The molecule has 1 aliphatic carbocycles. The van der Waals surface area contributed by atoms with Crippen molar-refractivity contribution in [1.29, 1.82) is 0 Å². The largest absolute Gasteiger partial charge is 0.344 e. The van der Waals surface area contributed by atoms with Crippen molar-refractivity contribution in [3.05, 3.63) is 0 Å². The Morgan fingerprint density at radius 3 is 2.25 bits per heavy atom. The molecule has 2 aliphatic rings. The smallest absolute Gasteiger partial charge is 0.226 e. The van der Waals surface area contributed by atoms with Crippen LogP contribution in [0, 0.1) is 17.3 Å². The minimum Gasteiger partial charge on any atom is -0.344 e. The summed E-state index contributed by atoms with van der Waals surface area (Å²) in [7, 11) is 1.93. The highest BCUT2D eigenvalue weighted by molar-refractivity contribution is 5.91. The summed E-state index contributed by atoms with van der Waals surface area (Å²) in [5, 5.41) is 0. The fourth-order valence-electron chi connectivity index (χ4n) is 4.50. The van der Waals surface area contributed by atoms with Crippen LogP contribution in [0.15, 0.2) is 0 Å². The summed E-state index contributed by atoms with van der Waals surface area (Å²) in [5.74, 6) is 0.275. The van der Waals surface area contributed by atoms with E-state index in [1.165, 1.54) is 12.8 Å². The molecule has 4 nitrogen and oxygen atoms in total. The Bertz CT molecular complexity index is 455. The third-order valence-electron chi connectivity index (χ3n) is 5.93. The predicted molar refractivity (Wildman–Crippen MR) is 97.8 cm³/mol. The molecule has 0 aromatic carbocycles. The zero-order valence-electron chi connectivity index (χ0n) is 16.3. The van der Waals surface area contributed by atoms with Crippen LogP contribution in [-0.2, 0) is 9.59 Å². The molecule has 0 aromatic heterocycles. The Morgan fingerprint density at radius 1 is 1.04 bits per heavy atom. The van der Waals surface area contributed by atoms with Gasteiger partial charge < -0.3 is 4.90 Å². The van der Waals surface area contributed by atoms with E-state index in [-0.39, 0.29) is 28.9 Å². The first kappa shape index (κ1) is 19.4. The van der Waals surface area contributed by atoms with E-state index >= 15 is 0 Å². The number of carbonyl (C=O) groups excluding carboxylic acids is 2. The minimum absolute atomic E-state index is 0.0837. The van der Waals surface area contributed by atoms with E-state index in [4.69, 9.17) is 0 Å². The molecule has 4 heteroatoms. The summed E-state index contributed by atoms with van der Waals surface area (Å²) in [6.45, 7) is 11.1. The van der Waals surface area contributed by atoms with Gasteiger partial charge in [-0.05, 0) is 38.8 Å². The fraction of sp³-hybridized carbons (Fsp3) is 0.900. The molecular formula is C20H36N2O2. The first-order valence-electron chi connectivity index (χ1n) is 9.79. The monoisotopic (exact) mass is 336 g/mol. The average molecular weight is 337 g/mol. The molecule has 0 spiro atoms. The van der Waals surface area contributed by atoms with E-state index in [0.29, 0.717) is 6.04 Å². The van der Waals surface area contributed by atoms with Crippen molar-refractivity contribution in [2.45, 2.75) is 72.3 Å². The fourth-order valence-corrected chi connectivity index (χ4v) is 4.50. The van der Waals surface area contributed by atoms with Gasteiger partial charge in [0.1, 0.15) is 5.78 Å². The Labute approximate surface area is 148 Å². The highest BCUT2D eigenvalue weighted by Crippen LogP contribution is 2.36. The molecule has 0 bridgehead atoms. The number of amides is 1. The summed E-state index contributed by atoms with van der Waals surface area (Å²) in [6.07, 6.45) is 6.31. The summed E-state index contributed by atoms with van der Waals surface area (Å²) >= 11 is 0. The van der Waals surface area contributed by atoms with Crippen molar-refractivity contribution in [3.63, 3.8) is 0 Å². The van der Waals surface area contributed by atoms with Crippen molar-refractivity contribution in [3.8, 4) is 0 Å². The number of nitrogens with zero attached hydrogens (tertiary/aromatic N) is 2. The minimum atomic E-state index is -0.358. The zero-order chi connectivity index (χ0) is 17.9. The van der Waals surface area contributed by atoms with Crippen LogP contribution in [0.5, 0.6) is 0 Å². The van der Waals surface area contributed by atoms with Gasteiger partial charge >= 0.3 is 0 Å². The maximum absolute atomic E-state index is 13.1. The number of ketones is 1. The Balaban J connectivity index is 2.03. The summed E-state index contributed by atoms with van der Waals surface area (Å²) < 4.78 is 0. The predicted octanol–water partition coefficient (Wildman–Crippen LogP) is 3.35. The second-order valence-electron chi connectivity index (χ2n) is 8.76. The average Bonchev–Trinajstić information content (AvgIpc) is 2.99. The number of carbonyl (C=O) groups is 2. The van der Waals surface area contributed by atoms with E-state index in [1.54, 1.807) is 0 Å².